The van der Waals surface area contributed by atoms with Gasteiger partial charge in [0, 0.05) is 13.2 Å². The minimum atomic E-state index is 0.366. The van der Waals surface area contributed by atoms with Gasteiger partial charge in [-0.25, -0.2) is 0 Å². The van der Waals surface area contributed by atoms with Gasteiger partial charge >= 0.3 is 0 Å². The summed E-state index contributed by atoms with van der Waals surface area (Å²) in [7, 11) is 1.58. The molecule has 1 aromatic carbocycles. The standard InChI is InChI=1S/C12H17NO4/c1-3-16-12-6-9(8-14)11(7-10(12)13)17-5-4-15-2/h6-8H,3-5,13H2,1-2H3. The van der Waals surface area contributed by atoms with Crippen LogP contribution in [0.15, 0.2) is 12.1 Å². The number of carbonyl (C=O) groups excluding carboxylic acids is 1. The van der Waals surface area contributed by atoms with Crippen molar-refractivity contribution in [3.8, 4) is 11.5 Å². The first kappa shape index (κ1) is 13.3. The van der Waals surface area contributed by atoms with E-state index in [1.54, 1.807) is 19.2 Å². The van der Waals surface area contributed by atoms with E-state index in [9.17, 15) is 4.79 Å². The van der Waals surface area contributed by atoms with Crippen molar-refractivity contribution in [2.45, 2.75) is 6.92 Å². The maximum atomic E-state index is 10.9. The predicted octanol–water partition coefficient (Wildman–Crippen LogP) is 1.51. The highest BCUT2D eigenvalue weighted by Crippen LogP contribution is 2.30. The zero-order valence-electron chi connectivity index (χ0n) is 10.1. The molecular weight excluding hydrogens is 222 g/mol. The smallest absolute Gasteiger partial charge is 0.153 e. The third-order valence-electron chi connectivity index (χ3n) is 2.11. The fourth-order valence-corrected chi connectivity index (χ4v) is 1.32. The Morgan fingerprint density at radius 2 is 2.00 bits per heavy atom. The lowest BCUT2D eigenvalue weighted by molar-refractivity contribution is 0.111. The minimum Gasteiger partial charge on any atom is -0.492 e. The van der Waals surface area contributed by atoms with Crippen molar-refractivity contribution in [3.63, 3.8) is 0 Å². The fourth-order valence-electron chi connectivity index (χ4n) is 1.32. The molecule has 5 heteroatoms. The number of hydrogen-bond donors (Lipinski definition) is 1. The van der Waals surface area contributed by atoms with Crippen molar-refractivity contribution in [1.29, 1.82) is 0 Å². The Kier molecular flexibility index (Phi) is 5.29. The van der Waals surface area contributed by atoms with E-state index >= 15 is 0 Å². The summed E-state index contributed by atoms with van der Waals surface area (Å²) in [5, 5.41) is 0. The first-order chi connectivity index (χ1) is 8.22. The molecule has 1 aromatic rings. The second-order valence-corrected chi connectivity index (χ2v) is 3.32. The summed E-state index contributed by atoms with van der Waals surface area (Å²) in [4.78, 5) is 10.9. The predicted molar refractivity (Wildman–Crippen MR) is 64.8 cm³/mol. The van der Waals surface area contributed by atoms with Gasteiger partial charge < -0.3 is 19.9 Å². The van der Waals surface area contributed by atoms with E-state index in [1.807, 2.05) is 6.92 Å². The van der Waals surface area contributed by atoms with Crippen LogP contribution in [0, 0.1) is 0 Å². The highest BCUT2D eigenvalue weighted by atomic mass is 16.5. The fraction of sp³-hybridized carbons (Fsp3) is 0.417. The van der Waals surface area contributed by atoms with Gasteiger partial charge in [-0.2, -0.15) is 0 Å². The second-order valence-electron chi connectivity index (χ2n) is 3.32. The van der Waals surface area contributed by atoms with E-state index in [0.717, 1.165) is 0 Å². The largest absolute Gasteiger partial charge is 0.492 e. The molecule has 2 N–H and O–H groups in total. The van der Waals surface area contributed by atoms with Crippen molar-refractivity contribution in [2.75, 3.05) is 32.7 Å². The van der Waals surface area contributed by atoms with Gasteiger partial charge in [0.05, 0.1) is 24.5 Å². The summed E-state index contributed by atoms with van der Waals surface area (Å²) < 4.78 is 15.5. The molecule has 0 spiro atoms. The number of nitrogens with two attached hydrogens (primary N) is 1. The SMILES string of the molecule is CCOc1cc(C=O)c(OCCOC)cc1N. The van der Waals surface area contributed by atoms with Crippen molar-refractivity contribution >= 4 is 12.0 Å². The van der Waals surface area contributed by atoms with Crippen molar-refractivity contribution in [2.24, 2.45) is 0 Å². The summed E-state index contributed by atoms with van der Waals surface area (Å²) in [6.45, 7) is 3.16. The van der Waals surface area contributed by atoms with E-state index in [-0.39, 0.29) is 0 Å². The Balaban J connectivity index is 2.89. The number of anilines is 1. The van der Waals surface area contributed by atoms with Gasteiger partial charge in [-0.1, -0.05) is 0 Å². The quantitative estimate of drug-likeness (QED) is 0.443. The van der Waals surface area contributed by atoms with Gasteiger partial charge in [-0.15, -0.1) is 0 Å². The molecule has 0 heterocycles. The summed E-state index contributed by atoms with van der Waals surface area (Å²) in [5.41, 5.74) is 6.65. The van der Waals surface area contributed by atoms with Crippen LogP contribution in [0.4, 0.5) is 5.69 Å². The molecule has 5 nitrogen and oxygen atoms in total. The number of methoxy groups -OCH3 is 1. The monoisotopic (exact) mass is 239 g/mol. The zero-order valence-corrected chi connectivity index (χ0v) is 10.1. The van der Waals surface area contributed by atoms with Gasteiger partial charge in [-0.05, 0) is 13.0 Å². The molecule has 0 aliphatic rings. The van der Waals surface area contributed by atoms with Crippen LogP contribution >= 0.6 is 0 Å². The van der Waals surface area contributed by atoms with Gasteiger partial charge in [0.15, 0.2) is 6.29 Å². The van der Waals surface area contributed by atoms with Crippen molar-refractivity contribution < 1.29 is 19.0 Å². The molecule has 0 fully saturated rings. The number of ether oxygens (including phenoxy) is 3. The molecule has 0 radical (unpaired) electrons. The average Bonchev–Trinajstić information content (AvgIpc) is 2.33. The van der Waals surface area contributed by atoms with E-state index in [2.05, 4.69) is 0 Å². The van der Waals surface area contributed by atoms with E-state index < -0.39 is 0 Å². The van der Waals surface area contributed by atoms with Crippen LogP contribution in [-0.2, 0) is 4.74 Å². The molecule has 0 aliphatic carbocycles. The number of nitrogen functional groups attached to an aromatic ring is 1. The molecule has 0 amide bonds. The van der Waals surface area contributed by atoms with Crippen LogP contribution in [0.5, 0.6) is 11.5 Å². The lowest BCUT2D eigenvalue weighted by atomic mass is 10.2. The Hall–Kier alpha value is -1.75. The van der Waals surface area contributed by atoms with Crippen LogP contribution in [0.25, 0.3) is 0 Å². The summed E-state index contributed by atoms with van der Waals surface area (Å²) in [6, 6.07) is 3.17. The highest BCUT2D eigenvalue weighted by Gasteiger charge is 2.09. The summed E-state index contributed by atoms with van der Waals surface area (Å²) in [6.07, 6.45) is 0.712. The molecule has 0 atom stereocenters. The van der Waals surface area contributed by atoms with E-state index in [1.165, 1.54) is 0 Å². The highest BCUT2D eigenvalue weighted by molar-refractivity contribution is 5.82. The third kappa shape index (κ3) is 3.64. The number of benzene rings is 1. The molecule has 94 valence electrons. The van der Waals surface area contributed by atoms with Gasteiger partial charge in [0.25, 0.3) is 0 Å². The molecule has 0 unspecified atom stereocenters. The van der Waals surface area contributed by atoms with Gasteiger partial charge in [0.1, 0.15) is 18.1 Å². The van der Waals surface area contributed by atoms with Gasteiger partial charge in [0.2, 0.25) is 0 Å². The molecular formula is C12H17NO4. The summed E-state index contributed by atoms with van der Waals surface area (Å²) in [5.74, 6) is 0.937. The van der Waals surface area contributed by atoms with Crippen LogP contribution in [-0.4, -0.2) is 33.2 Å². The third-order valence-corrected chi connectivity index (χ3v) is 2.11. The first-order valence-corrected chi connectivity index (χ1v) is 5.36. The van der Waals surface area contributed by atoms with Crippen molar-refractivity contribution in [3.05, 3.63) is 17.7 Å². The normalized spacial score (nSPS) is 10.0. The number of carbonyl (C=O) groups is 1. The Morgan fingerprint density at radius 3 is 2.59 bits per heavy atom. The Morgan fingerprint density at radius 1 is 1.24 bits per heavy atom. The van der Waals surface area contributed by atoms with Gasteiger partial charge in [-0.3, -0.25) is 4.79 Å². The Bertz CT molecular complexity index is 379. The van der Waals surface area contributed by atoms with E-state index in [4.69, 9.17) is 19.9 Å². The molecule has 0 aromatic heterocycles. The van der Waals surface area contributed by atoms with Crippen LogP contribution in [0.3, 0.4) is 0 Å². The zero-order chi connectivity index (χ0) is 12.7. The van der Waals surface area contributed by atoms with Crippen LogP contribution in [0.2, 0.25) is 0 Å². The number of rotatable bonds is 7. The van der Waals surface area contributed by atoms with Crippen LogP contribution in [0.1, 0.15) is 17.3 Å². The Labute approximate surface area is 100 Å². The maximum absolute atomic E-state index is 10.9. The topological polar surface area (TPSA) is 70.8 Å². The molecule has 0 saturated heterocycles. The molecule has 0 aliphatic heterocycles. The second kappa shape index (κ2) is 6.75. The van der Waals surface area contributed by atoms with Crippen molar-refractivity contribution in [1.82, 2.24) is 0 Å². The van der Waals surface area contributed by atoms with Crippen LogP contribution < -0.4 is 15.2 Å². The molecule has 0 bridgehead atoms. The lowest BCUT2D eigenvalue weighted by Gasteiger charge is -2.12. The molecule has 17 heavy (non-hydrogen) atoms. The molecule has 1 rings (SSSR count). The number of hydrogen-bond acceptors (Lipinski definition) is 5. The van der Waals surface area contributed by atoms with E-state index in [0.29, 0.717) is 48.9 Å². The molecule has 0 saturated carbocycles. The average molecular weight is 239 g/mol. The lowest BCUT2D eigenvalue weighted by Crippen LogP contribution is -2.07. The maximum Gasteiger partial charge on any atom is 0.153 e. The minimum absolute atomic E-state index is 0.366. The first-order valence-electron chi connectivity index (χ1n) is 5.36. The number of aldehydes is 1. The summed E-state index contributed by atoms with van der Waals surface area (Å²) >= 11 is 0.